The second kappa shape index (κ2) is 24.7. The molecule has 10 atom stereocenters. The molecule has 3 saturated carbocycles. The van der Waals surface area contributed by atoms with Crippen LogP contribution < -0.4 is 49.1 Å². The number of aryl methyl sites for hydroxylation is 1. The molecule has 0 aromatic heterocycles. The molecular weight excluding hydrogens is 921 g/mol. The van der Waals surface area contributed by atoms with Gasteiger partial charge >= 0.3 is 7.12 Å². The van der Waals surface area contributed by atoms with Crippen LogP contribution in [-0.4, -0.2) is 114 Å². The molecule has 1 saturated heterocycles. The summed E-state index contributed by atoms with van der Waals surface area (Å²) in [7, 11) is -0.960. The smallest absolute Gasteiger partial charge is 0.497 e. The van der Waals surface area contributed by atoms with Gasteiger partial charge in [0.25, 0.3) is 11.8 Å². The molecule has 1 aliphatic heterocycles. The number of benzene rings is 3. The molecular formula is C52H74BN9O10. The average Bonchev–Trinajstić information content (AvgIpc) is 3.72. The zero-order valence-electron chi connectivity index (χ0n) is 42.1. The maximum atomic E-state index is 13.9. The Morgan fingerprint density at radius 1 is 0.764 bits per heavy atom. The van der Waals surface area contributed by atoms with E-state index in [1.807, 2.05) is 19.1 Å². The quantitative estimate of drug-likeness (QED) is 0.0328. The van der Waals surface area contributed by atoms with Crippen molar-refractivity contribution >= 4 is 42.6 Å². The first-order valence-corrected chi connectivity index (χ1v) is 25.2. The van der Waals surface area contributed by atoms with Crippen molar-refractivity contribution in [3.63, 3.8) is 0 Å². The van der Waals surface area contributed by atoms with Gasteiger partial charge in [-0.1, -0.05) is 75.7 Å². The summed E-state index contributed by atoms with van der Waals surface area (Å²) in [5.41, 5.74) is 22.1. The SMILES string of the molecule is CCCCc1ccc(-c2ccc(C(=O)NCCC(=O)N[C@@H](CCCCN)C(=O)N[C@H](C(=O)N[C@@H](N)C(=O)NC(Cc3ccc(O)cc3)C(=O)N[C@@H](N)B3OC4C[C@@H]5C[C@@H](C5(C)C)[C@]4(C)O3)C(C)O)cc2)cc1. The molecule has 390 valence electrons. The topological polar surface area (TPSA) is 312 Å². The van der Waals surface area contributed by atoms with Gasteiger partial charge in [0, 0.05) is 24.9 Å². The number of aromatic hydroxyl groups is 1. The lowest BCUT2D eigenvalue weighted by Crippen LogP contribution is -2.65. The largest absolute Gasteiger partial charge is 0.508 e. The Bertz CT molecular complexity index is 2360. The molecule has 2 bridgehead atoms. The summed E-state index contributed by atoms with van der Waals surface area (Å²) in [5, 5.41) is 36.0. The first-order valence-electron chi connectivity index (χ1n) is 25.2. The van der Waals surface area contributed by atoms with Crippen LogP contribution in [0.5, 0.6) is 5.75 Å². The molecule has 4 fully saturated rings. The summed E-state index contributed by atoms with van der Waals surface area (Å²) in [6.07, 6.45) is 2.50. The highest BCUT2D eigenvalue weighted by Gasteiger charge is 2.68. The van der Waals surface area contributed by atoms with E-state index in [9.17, 15) is 39.0 Å². The lowest BCUT2D eigenvalue weighted by atomic mass is 9.43. The number of rotatable bonds is 25. The first-order chi connectivity index (χ1) is 34.2. The van der Waals surface area contributed by atoms with Crippen molar-refractivity contribution in [3.05, 3.63) is 89.5 Å². The van der Waals surface area contributed by atoms with Crippen molar-refractivity contribution < 1.29 is 48.3 Å². The summed E-state index contributed by atoms with van der Waals surface area (Å²) in [5.74, 6) is -3.72. The van der Waals surface area contributed by atoms with Crippen molar-refractivity contribution in [2.75, 3.05) is 13.1 Å². The summed E-state index contributed by atoms with van der Waals surface area (Å²) < 4.78 is 12.7. The maximum Gasteiger partial charge on any atom is 0.497 e. The first kappa shape index (κ1) is 55.4. The third-order valence-electron chi connectivity index (χ3n) is 14.7. The predicted octanol–water partition coefficient (Wildman–Crippen LogP) is 1.80. The number of nitrogens with one attached hydrogen (secondary N) is 6. The van der Waals surface area contributed by atoms with Gasteiger partial charge in [0.05, 0.1) is 17.8 Å². The molecule has 0 spiro atoms. The van der Waals surface area contributed by atoms with Crippen molar-refractivity contribution in [2.24, 2.45) is 34.5 Å². The van der Waals surface area contributed by atoms with Crippen LogP contribution in [0.4, 0.5) is 0 Å². The number of carbonyl (C=O) groups excluding carboxylic acids is 6. The molecule has 72 heavy (non-hydrogen) atoms. The zero-order valence-corrected chi connectivity index (χ0v) is 42.1. The van der Waals surface area contributed by atoms with Crippen LogP contribution in [0.25, 0.3) is 11.1 Å². The molecule has 3 aliphatic carbocycles. The molecule has 0 radical (unpaired) electrons. The summed E-state index contributed by atoms with van der Waals surface area (Å²) in [4.78, 5) is 80.9. The number of amides is 6. The van der Waals surface area contributed by atoms with E-state index in [1.165, 1.54) is 24.6 Å². The fourth-order valence-electron chi connectivity index (χ4n) is 10.2. The molecule has 3 aromatic carbocycles. The number of phenolic OH excluding ortho intramolecular Hbond substituents is 1. The fourth-order valence-corrected chi connectivity index (χ4v) is 10.2. The standard InChI is InChI=1S/C52H74BN9O10/c1-6-7-10-31-12-16-33(17-13-31)34-18-20-35(21-19-34)45(66)57-26-24-42(65)58-38(11-8-9-25-54)46(67)60-43(30(2)63)48(69)61-44(55)49(70)59-39(27-32-14-22-37(64)23-15-32)47(68)62-50(56)53-71-41-29-36-28-40(51(36,3)4)52(41,5)72-53/h12-23,30,36,38-41,43-44,50,63-64H,6-11,24-29,54-56H2,1-5H3,(H,57,66)(H,58,65)(H,59,70)(H,60,67)(H,61,69)(H,62,68)/t30?,36-,38-,39?,40-,41?,43-,44+,50+,52-/m0/s1. The fraction of sp³-hybridized carbons (Fsp3) is 0.538. The normalized spacial score (nSPS) is 22.1. The highest BCUT2D eigenvalue weighted by atomic mass is 16.7. The monoisotopic (exact) mass is 996 g/mol. The van der Waals surface area contributed by atoms with Crippen LogP contribution in [-0.2, 0) is 46.1 Å². The van der Waals surface area contributed by atoms with Gasteiger partial charge in [0.15, 0.2) is 6.17 Å². The lowest BCUT2D eigenvalue weighted by molar-refractivity contribution is -0.199. The van der Waals surface area contributed by atoms with Gasteiger partial charge in [-0.05, 0) is 129 Å². The van der Waals surface area contributed by atoms with E-state index in [0.29, 0.717) is 36.4 Å². The summed E-state index contributed by atoms with van der Waals surface area (Å²) in [6, 6.07) is 16.3. The predicted molar refractivity (Wildman–Crippen MR) is 272 cm³/mol. The highest BCUT2D eigenvalue weighted by molar-refractivity contribution is 6.47. The van der Waals surface area contributed by atoms with Gasteiger partial charge in [-0.15, -0.1) is 0 Å². The van der Waals surface area contributed by atoms with Crippen molar-refractivity contribution in [2.45, 2.75) is 147 Å². The van der Waals surface area contributed by atoms with E-state index in [4.69, 9.17) is 26.5 Å². The Kier molecular flexibility index (Phi) is 19.0. The minimum Gasteiger partial charge on any atom is -0.508 e. The molecule has 20 heteroatoms. The van der Waals surface area contributed by atoms with E-state index in [0.717, 1.165) is 43.2 Å². The number of hydrogen-bond acceptors (Lipinski definition) is 13. The zero-order chi connectivity index (χ0) is 52.3. The Morgan fingerprint density at radius 2 is 1.40 bits per heavy atom. The van der Waals surface area contributed by atoms with Crippen LogP contribution in [0, 0.1) is 17.3 Å². The summed E-state index contributed by atoms with van der Waals surface area (Å²) in [6.45, 7) is 10.2. The van der Waals surface area contributed by atoms with Crippen LogP contribution >= 0.6 is 0 Å². The van der Waals surface area contributed by atoms with E-state index in [-0.39, 0.29) is 54.9 Å². The number of hydrogen-bond donors (Lipinski definition) is 11. The van der Waals surface area contributed by atoms with Gasteiger partial charge in [0.2, 0.25) is 23.6 Å². The Balaban J connectivity index is 1.01. The van der Waals surface area contributed by atoms with E-state index in [1.54, 1.807) is 24.3 Å². The number of phenols is 1. The number of nitrogens with two attached hydrogens (primary N) is 3. The van der Waals surface area contributed by atoms with Crippen LogP contribution in [0.15, 0.2) is 72.8 Å². The van der Waals surface area contributed by atoms with Crippen molar-refractivity contribution in [1.82, 2.24) is 31.9 Å². The Hall–Kier alpha value is -5.90. The second-order valence-electron chi connectivity index (χ2n) is 20.3. The van der Waals surface area contributed by atoms with Gasteiger partial charge < -0.3 is 68.6 Å². The lowest BCUT2D eigenvalue weighted by Gasteiger charge is -2.64. The molecule has 19 nitrogen and oxygen atoms in total. The minimum atomic E-state index is -1.78. The summed E-state index contributed by atoms with van der Waals surface area (Å²) >= 11 is 0. The van der Waals surface area contributed by atoms with Gasteiger partial charge in [-0.2, -0.15) is 0 Å². The Labute approximate surface area is 422 Å². The third-order valence-corrected chi connectivity index (χ3v) is 14.7. The van der Waals surface area contributed by atoms with Gasteiger partial charge in [-0.3, -0.25) is 28.8 Å². The molecule has 4 aliphatic rings. The highest BCUT2D eigenvalue weighted by Crippen LogP contribution is 2.65. The van der Waals surface area contributed by atoms with Gasteiger partial charge in [-0.25, -0.2) is 0 Å². The molecule has 14 N–H and O–H groups in total. The van der Waals surface area contributed by atoms with Crippen LogP contribution in [0.1, 0.15) is 107 Å². The van der Waals surface area contributed by atoms with E-state index >= 15 is 0 Å². The van der Waals surface area contributed by atoms with Crippen molar-refractivity contribution in [3.8, 4) is 16.9 Å². The van der Waals surface area contributed by atoms with Gasteiger partial charge in [0.1, 0.15) is 29.9 Å². The molecule has 3 aromatic rings. The number of aliphatic hydroxyl groups is 1. The molecule has 3 unspecified atom stereocenters. The number of unbranched alkanes of at least 4 members (excludes halogenated alkanes) is 2. The van der Waals surface area contributed by atoms with Crippen LogP contribution in [0.3, 0.4) is 0 Å². The molecule has 1 heterocycles. The average molecular weight is 996 g/mol. The van der Waals surface area contributed by atoms with Crippen molar-refractivity contribution in [1.29, 1.82) is 0 Å². The molecule has 6 amide bonds. The van der Waals surface area contributed by atoms with E-state index in [2.05, 4.69) is 76.9 Å². The van der Waals surface area contributed by atoms with Crippen LogP contribution in [0.2, 0.25) is 0 Å². The third kappa shape index (κ3) is 13.8. The maximum absolute atomic E-state index is 13.9. The second-order valence-corrected chi connectivity index (χ2v) is 20.3. The van der Waals surface area contributed by atoms with E-state index < -0.39 is 78.7 Å². The molecule has 7 rings (SSSR count). The minimum absolute atomic E-state index is 0.00967. The number of aliphatic hydroxyl groups excluding tert-OH is 1. The Morgan fingerprint density at radius 3 is 2.03 bits per heavy atom. The number of carbonyl (C=O) groups is 6.